The van der Waals surface area contributed by atoms with E-state index in [-0.39, 0.29) is 12.5 Å². The highest BCUT2D eigenvalue weighted by atomic mass is 16.4. The summed E-state index contributed by atoms with van der Waals surface area (Å²) in [4.78, 5) is 23.6. The number of carboxylic acids is 1. The fraction of sp³-hybridized carbons (Fsp3) is 0.429. The van der Waals surface area contributed by atoms with E-state index in [0.29, 0.717) is 12.8 Å². The Labute approximate surface area is 111 Å². The maximum Gasteiger partial charge on any atom is 0.408 e. The Hall–Kier alpha value is -2.04. The first-order valence-corrected chi connectivity index (χ1v) is 6.29. The average Bonchev–Trinajstić information content (AvgIpc) is 2.38. The minimum atomic E-state index is -1.16. The average molecular weight is 263 g/mol. The zero-order valence-electron chi connectivity index (χ0n) is 10.7. The molecule has 0 saturated carbocycles. The molecule has 1 heterocycles. The monoisotopic (exact) mass is 263 g/mol. The molecule has 0 spiro atoms. The van der Waals surface area contributed by atoms with Gasteiger partial charge in [-0.25, -0.2) is 9.59 Å². The molecular formula is C14H17NO4. The van der Waals surface area contributed by atoms with Crippen molar-refractivity contribution in [3.8, 4) is 0 Å². The number of hydrogen-bond donors (Lipinski definition) is 2. The van der Waals surface area contributed by atoms with E-state index in [9.17, 15) is 14.7 Å². The highest BCUT2D eigenvalue weighted by molar-refractivity contribution is 5.80. The Morgan fingerprint density at radius 1 is 1.21 bits per heavy atom. The number of carboxylic acid groups (broad SMARTS) is 2. The third-order valence-electron chi connectivity index (χ3n) is 3.64. The van der Waals surface area contributed by atoms with Crippen molar-refractivity contribution in [3.05, 3.63) is 35.4 Å². The van der Waals surface area contributed by atoms with Crippen LogP contribution in [0, 0.1) is 6.92 Å². The van der Waals surface area contributed by atoms with Crippen LogP contribution in [0.25, 0.3) is 0 Å². The van der Waals surface area contributed by atoms with E-state index in [1.54, 1.807) is 0 Å². The van der Waals surface area contributed by atoms with Gasteiger partial charge in [0.2, 0.25) is 0 Å². The first-order valence-electron chi connectivity index (χ1n) is 6.29. The van der Waals surface area contributed by atoms with E-state index in [4.69, 9.17) is 5.11 Å². The molecule has 1 saturated heterocycles. The van der Waals surface area contributed by atoms with Gasteiger partial charge in [-0.1, -0.05) is 29.8 Å². The summed E-state index contributed by atoms with van der Waals surface area (Å²) in [7, 11) is 0. The summed E-state index contributed by atoms with van der Waals surface area (Å²) in [6.45, 7) is 2.25. The van der Waals surface area contributed by atoms with Crippen molar-refractivity contribution in [1.29, 1.82) is 0 Å². The number of likely N-dealkylation sites (tertiary alicyclic amines) is 1. The normalized spacial score (nSPS) is 23.1. The van der Waals surface area contributed by atoms with Crippen LogP contribution in [0.15, 0.2) is 24.3 Å². The van der Waals surface area contributed by atoms with Crippen LogP contribution in [0.5, 0.6) is 0 Å². The van der Waals surface area contributed by atoms with Crippen LogP contribution in [0.1, 0.15) is 29.9 Å². The number of nitrogens with zero attached hydrogens (tertiary/aromatic N) is 1. The van der Waals surface area contributed by atoms with E-state index in [1.807, 2.05) is 31.2 Å². The first kappa shape index (κ1) is 13.4. The standard InChI is InChI=1S/C14H17NO4/c1-9-4-6-10(7-5-9)11-3-2-8-15(14(18)19)12(11)13(16)17/h4-7,11-12H,2-3,8H2,1H3,(H,16,17)(H,18,19)/t11-,12+/m1/s1. The van der Waals surface area contributed by atoms with Gasteiger partial charge in [-0.2, -0.15) is 0 Å². The number of rotatable bonds is 2. The van der Waals surface area contributed by atoms with Crippen molar-refractivity contribution in [2.75, 3.05) is 6.54 Å². The van der Waals surface area contributed by atoms with Gasteiger partial charge in [0.1, 0.15) is 6.04 Å². The van der Waals surface area contributed by atoms with E-state index in [1.165, 1.54) is 0 Å². The maximum atomic E-state index is 11.4. The Bertz CT molecular complexity index is 483. The van der Waals surface area contributed by atoms with Crippen LogP contribution in [-0.4, -0.2) is 39.8 Å². The van der Waals surface area contributed by atoms with Crippen LogP contribution in [0.3, 0.4) is 0 Å². The zero-order chi connectivity index (χ0) is 14.0. The minimum absolute atomic E-state index is 0.275. The SMILES string of the molecule is Cc1ccc([C@H]2CCCN(C(=O)O)[C@@H]2C(=O)O)cc1. The molecule has 102 valence electrons. The molecule has 0 bridgehead atoms. The third-order valence-corrected chi connectivity index (χ3v) is 3.64. The lowest BCUT2D eigenvalue weighted by atomic mass is 9.83. The van der Waals surface area contributed by atoms with E-state index < -0.39 is 18.1 Å². The van der Waals surface area contributed by atoms with Gasteiger partial charge in [0.25, 0.3) is 0 Å². The molecule has 1 aromatic rings. The lowest BCUT2D eigenvalue weighted by molar-refractivity contribution is -0.144. The van der Waals surface area contributed by atoms with Crippen molar-refractivity contribution >= 4 is 12.1 Å². The highest BCUT2D eigenvalue weighted by Gasteiger charge is 2.40. The van der Waals surface area contributed by atoms with Crippen molar-refractivity contribution in [1.82, 2.24) is 4.90 Å². The van der Waals surface area contributed by atoms with Gasteiger partial charge in [0.05, 0.1) is 0 Å². The molecule has 1 aliphatic rings. The topological polar surface area (TPSA) is 77.8 Å². The number of aryl methyl sites for hydroxylation is 1. The predicted molar refractivity (Wildman–Crippen MR) is 69.3 cm³/mol. The fourth-order valence-corrected chi connectivity index (χ4v) is 2.68. The van der Waals surface area contributed by atoms with Crippen LogP contribution < -0.4 is 0 Å². The molecule has 0 radical (unpaired) electrons. The van der Waals surface area contributed by atoms with Crippen molar-refractivity contribution in [2.45, 2.75) is 31.7 Å². The number of benzene rings is 1. The molecule has 0 aromatic heterocycles. The summed E-state index contributed by atoms with van der Waals surface area (Å²) in [5, 5.41) is 18.5. The van der Waals surface area contributed by atoms with Gasteiger partial charge in [0.15, 0.2) is 0 Å². The lowest BCUT2D eigenvalue weighted by Crippen LogP contribution is -2.51. The van der Waals surface area contributed by atoms with Gasteiger partial charge in [-0.3, -0.25) is 4.90 Å². The van der Waals surface area contributed by atoms with Gasteiger partial charge in [-0.15, -0.1) is 0 Å². The van der Waals surface area contributed by atoms with Crippen LogP contribution >= 0.6 is 0 Å². The molecule has 1 amide bonds. The third kappa shape index (κ3) is 2.70. The number of hydrogen-bond acceptors (Lipinski definition) is 2. The number of piperidine rings is 1. The lowest BCUT2D eigenvalue weighted by Gasteiger charge is -2.37. The van der Waals surface area contributed by atoms with Crippen molar-refractivity contribution in [2.24, 2.45) is 0 Å². The minimum Gasteiger partial charge on any atom is -0.480 e. The second kappa shape index (κ2) is 5.30. The summed E-state index contributed by atoms with van der Waals surface area (Å²) < 4.78 is 0. The van der Waals surface area contributed by atoms with Crippen LogP contribution in [0.2, 0.25) is 0 Å². The molecule has 2 rings (SSSR count). The smallest absolute Gasteiger partial charge is 0.408 e. The van der Waals surface area contributed by atoms with Crippen LogP contribution in [0.4, 0.5) is 4.79 Å². The van der Waals surface area contributed by atoms with Gasteiger partial charge < -0.3 is 10.2 Å². The molecule has 2 atom stereocenters. The molecule has 1 aromatic carbocycles. The summed E-state index contributed by atoms with van der Waals surface area (Å²) in [5.41, 5.74) is 1.99. The molecule has 1 fully saturated rings. The fourth-order valence-electron chi connectivity index (χ4n) is 2.68. The molecule has 0 unspecified atom stereocenters. The molecule has 1 aliphatic heterocycles. The summed E-state index contributed by atoms with van der Waals surface area (Å²) in [6.07, 6.45) is 0.225. The van der Waals surface area contributed by atoms with Gasteiger partial charge in [0, 0.05) is 12.5 Å². The molecule has 5 nitrogen and oxygen atoms in total. The quantitative estimate of drug-likeness (QED) is 0.858. The highest BCUT2D eigenvalue weighted by Crippen LogP contribution is 2.33. The van der Waals surface area contributed by atoms with E-state index in [2.05, 4.69) is 0 Å². The van der Waals surface area contributed by atoms with Crippen molar-refractivity contribution < 1.29 is 19.8 Å². The second-order valence-corrected chi connectivity index (χ2v) is 4.92. The Morgan fingerprint density at radius 3 is 2.37 bits per heavy atom. The molecule has 19 heavy (non-hydrogen) atoms. The number of carbonyl (C=O) groups is 2. The molecular weight excluding hydrogens is 246 g/mol. The van der Waals surface area contributed by atoms with E-state index >= 15 is 0 Å². The summed E-state index contributed by atoms with van der Waals surface area (Å²) in [6, 6.07) is 6.64. The van der Waals surface area contributed by atoms with Crippen LogP contribution in [-0.2, 0) is 4.79 Å². The molecule has 2 N–H and O–H groups in total. The molecule has 5 heteroatoms. The predicted octanol–water partition coefficient (Wildman–Crippen LogP) is 2.31. The summed E-state index contributed by atoms with van der Waals surface area (Å²) in [5.74, 6) is -1.35. The first-order chi connectivity index (χ1) is 9.00. The second-order valence-electron chi connectivity index (χ2n) is 4.92. The van der Waals surface area contributed by atoms with Gasteiger partial charge >= 0.3 is 12.1 Å². The van der Waals surface area contributed by atoms with Gasteiger partial charge in [-0.05, 0) is 25.3 Å². The van der Waals surface area contributed by atoms with Crippen molar-refractivity contribution in [3.63, 3.8) is 0 Å². The maximum absolute atomic E-state index is 11.4. The number of aliphatic carboxylic acids is 1. The summed E-state index contributed by atoms with van der Waals surface area (Å²) >= 11 is 0. The van der Waals surface area contributed by atoms with E-state index in [0.717, 1.165) is 16.0 Å². The zero-order valence-corrected chi connectivity index (χ0v) is 10.7. The largest absolute Gasteiger partial charge is 0.480 e. The molecule has 0 aliphatic carbocycles. The Balaban J connectivity index is 2.33. The Kier molecular flexibility index (Phi) is 3.74. The number of amides is 1. The Morgan fingerprint density at radius 2 is 1.84 bits per heavy atom.